The van der Waals surface area contributed by atoms with E-state index in [2.05, 4.69) is 15.2 Å². The minimum Gasteiger partial charge on any atom is -0.348 e. The Hall–Kier alpha value is -3.13. The zero-order chi connectivity index (χ0) is 21.1. The molecule has 8 heteroatoms. The van der Waals surface area contributed by atoms with Crippen LogP contribution in [0.25, 0.3) is 10.9 Å². The summed E-state index contributed by atoms with van der Waals surface area (Å²) >= 11 is 1.46. The predicted octanol–water partition coefficient (Wildman–Crippen LogP) is 8.03. The van der Waals surface area contributed by atoms with E-state index >= 15 is 0 Å². The van der Waals surface area contributed by atoms with Gasteiger partial charge in [0.15, 0.2) is 0 Å². The number of alkyl halides is 3. The fourth-order valence-electron chi connectivity index (χ4n) is 2.89. The van der Waals surface area contributed by atoms with Crippen molar-refractivity contribution >= 4 is 34.0 Å². The third-order valence-electron chi connectivity index (χ3n) is 4.38. The van der Waals surface area contributed by atoms with Gasteiger partial charge in [-0.15, -0.1) is 16.9 Å². The van der Waals surface area contributed by atoms with Gasteiger partial charge < -0.3 is 4.98 Å². The first-order valence-corrected chi connectivity index (χ1v) is 9.96. The van der Waals surface area contributed by atoms with E-state index in [1.807, 2.05) is 24.3 Å². The van der Waals surface area contributed by atoms with Crippen molar-refractivity contribution in [2.75, 3.05) is 0 Å². The van der Waals surface area contributed by atoms with Crippen LogP contribution in [-0.4, -0.2) is 4.98 Å². The largest absolute Gasteiger partial charge is 0.416 e. The van der Waals surface area contributed by atoms with Crippen molar-refractivity contribution in [1.82, 2.24) is 4.98 Å². The van der Waals surface area contributed by atoms with Crippen LogP contribution in [0.1, 0.15) is 11.1 Å². The van der Waals surface area contributed by atoms with Gasteiger partial charge in [0.05, 0.1) is 11.3 Å². The lowest BCUT2D eigenvalue weighted by molar-refractivity contribution is -0.137. The summed E-state index contributed by atoms with van der Waals surface area (Å²) in [6.07, 6.45) is -4.44. The van der Waals surface area contributed by atoms with E-state index in [-0.39, 0.29) is 11.5 Å². The highest BCUT2D eigenvalue weighted by molar-refractivity contribution is 7.98. The minimum absolute atomic E-state index is 0.115. The van der Waals surface area contributed by atoms with Crippen molar-refractivity contribution in [2.24, 2.45) is 10.2 Å². The number of aromatic nitrogens is 1. The number of nitrogens with one attached hydrogen (secondary N) is 1. The highest BCUT2D eigenvalue weighted by Gasteiger charge is 2.30. The minimum atomic E-state index is -4.44. The average Bonchev–Trinajstić information content (AvgIpc) is 3.09. The van der Waals surface area contributed by atoms with Gasteiger partial charge in [0.1, 0.15) is 16.5 Å². The number of nitrogens with zero attached hydrogens (tertiary/aromatic N) is 2. The fraction of sp³-hybridized carbons (Fsp3) is 0.0909. The third kappa shape index (κ3) is 4.54. The van der Waals surface area contributed by atoms with Crippen molar-refractivity contribution in [3.8, 4) is 0 Å². The molecule has 0 aliphatic rings. The van der Waals surface area contributed by atoms with E-state index in [1.165, 1.54) is 36.0 Å². The molecule has 30 heavy (non-hydrogen) atoms. The van der Waals surface area contributed by atoms with Gasteiger partial charge in [-0.1, -0.05) is 36.4 Å². The maximum atomic E-state index is 13.1. The Balaban J connectivity index is 1.65. The second kappa shape index (κ2) is 8.31. The Labute approximate surface area is 173 Å². The molecule has 1 N–H and O–H groups in total. The standard InChI is InChI=1S/C22H15F4N3S/c23-16-10-8-14(9-11-16)13-30-21-20(18-6-1-2-7-19(18)27-21)29-28-17-5-3-4-15(12-17)22(24,25)26/h1-12,27H,13H2. The molecule has 0 amide bonds. The molecule has 4 aromatic rings. The van der Waals surface area contributed by atoms with Gasteiger partial charge in [-0.3, -0.25) is 0 Å². The highest BCUT2D eigenvalue weighted by Crippen LogP contribution is 2.39. The molecule has 4 rings (SSSR count). The zero-order valence-corrected chi connectivity index (χ0v) is 16.3. The van der Waals surface area contributed by atoms with Gasteiger partial charge >= 0.3 is 6.18 Å². The zero-order valence-electron chi connectivity index (χ0n) is 15.4. The summed E-state index contributed by atoms with van der Waals surface area (Å²) in [4.78, 5) is 3.27. The van der Waals surface area contributed by atoms with Crippen LogP contribution < -0.4 is 0 Å². The molecule has 0 bridgehead atoms. The highest BCUT2D eigenvalue weighted by atomic mass is 32.2. The summed E-state index contributed by atoms with van der Waals surface area (Å²) < 4.78 is 51.9. The van der Waals surface area contributed by atoms with Crippen molar-refractivity contribution < 1.29 is 17.6 Å². The van der Waals surface area contributed by atoms with Crippen LogP contribution in [0.15, 0.2) is 88.1 Å². The number of benzene rings is 3. The molecular formula is C22H15F4N3S. The summed E-state index contributed by atoms with van der Waals surface area (Å²) in [5.41, 5.74) is 1.67. The lowest BCUT2D eigenvalue weighted by Crippen LogP contribution is -2.03. The van der Waals surface area contributed by atoms with E-state index in [9.17, 15) is 17.6 Å². The maximum absolute atomic E-state index is 13.1. The number of H-pyrrole nitrogens is 1. The lowest BCUT2D eigenvalue weighted by atomic mass is 10.2. The number of hydrogen-bond donors (Lipinski definition) is 1. The van der Waals surface area contributed by atoms with Gasteiger partial charge in [-0.2, -0.15) is 18.3 Å². The van der Waals surface area contributed by atoms with E-state index in [1.54, 1.807) is 12.1 Å². The van der Waals surface area contributed by atoms with Crippen LogP contribution in [0.4, 0.5) is 28.9 Å². The van der Waals surface area contributed by atoms with Crippen LogP contribution in [0.2, 0.25) is 0 Å². The third-order valence-corrected chi connectivity index (χ3v) is 5.44. The van der Waals surface area contributed by atoms with Crippen molar-refractivity contribution in [1.29, 1.82) is 0 Å². The Morgan fingerprint density at radius 2 is 1.63 bits per heavy atom. The molecule has 0 aliphatic carbocycles. The smallest absolute Gasteiger partial charge is 0.348 e. The van der Waals surface area contributed by atoms with Crippen LogP contribution in [0.5, 0.6) is 0 Å². The Morgan fingerprint density at radius 1 is 0.867 bits per heavy atom. The summed E-state index contributed by atoms with van der Waals surface area (Å²) in [5, 5.41) is 9.85. The number of hydrogen-bond acceptors (Lipinski definition) is 3. The van der Waals surface area contributed by atoms with Crippen LogP contribution in [0.3, 0.4) is 0 Å². The summed E-state index contributed by atoms with van der Waals surface area (Å²) in [5.74, 6) is 0.268. The molecule has 0 unspecified atom stereocenters. The second-order valence-electron chi connectivity index (χ2n) is 6.51. The normalized spacial score (nSPS) is 12.1. The first-order valence-electron chi connectivity index (χ1n) is 8.97. The number of aromatic amines is 1. The molecule has 0 saturated heterocycles. The Bertz CT molecular complexity index is 1200. The van der Waals surface area contributed by atoms with Gasteiger partial charge in [-0.25, -0.2) is 4.39 Å². The van der Waals surface area contributed by atoms with Gasteiger partial charge in [-0.05, 0) is 42.0 Å². The molecule has 0 radical (unpaired) electrons. The molecule has 0 saturated carbocycles. The molecule has 1 heterocycles. The maximum Gasteiger partial charge on any atom is 0.416 e. The predicted molar refractivity (Wildman–Crippen MR) is 110 cm³/mol. The number of thioether (sulfide) groups is 1. The van der Waals surface area contributed by atoms with Crippen molar-refractivity contribution in [3.05, 3.63) is 89.7 Å². The molecule has 3 aromatic carbocycles. The number of halogens is 4. The van der Waals surface area contributed by atoms with Gasteiger partial charge in [0.2, 0.25) is 0 Å². The fourth-order valence-corrected chi connectivity index (χ4v) is 3.87. The van der Waals surface area contributed by atoms with Crippen LogP contribution in [0, 0.1) is 5.82 Å². The summed E-state index contributed by atoms with van der Waals surface area (Å²) in [6, 6.07) is 18.4. The monoisotopic (exact) mass is 429 g/mol. The molecule has 3 nitrogen and oxygen atoms in total. The number of azo groups is 1. The SMILES string of the molecule is Fc1ccc(CSc2[nH]c3ccccc3c2N=Nc2cccc(C(F)(F)F)c2)cc1. The molecule has 152 valence electrons. The molecular weight excluding hydrogens is 414 g/mol. The molecule has 1 aromatic heterocycles. The molecule has 0 spiro atoms. The Morgan fingerprint density at radius 3 is 2.40 bits per heavy atom. The number of fused-ring (bicyclic) bond motifs is 1. The van der Waals surface area contributed by atoms with E-state index in [0.29, 0.717) is 11.4 Å². The second-order valence-corrected chi connectivity index (χ2v) is 7.50. The molecule has 0 atom stereocenters. The average molecular weight is 429 g/mol. The van der Waals surface area contributed by atoms with Gasteiger partial charge in [0.25, 0.3) is 0 Å². The number of rotatable bonds is 5. The first kappa shape index (κ1) is 20.2. The summed E-state index contributed by atoms with van der Waals surface area (Å²) in [6.45, 7) is 0. The first-order chi connectivity index (χ1) is 14.4. The molecule has 0 aliphatic heterocycles. The summed E-state index contributed by atoms with van der Waals surface area (Å²) in [7, 11) is 0. The van der Waals surface area contributed by atoms with E-state index in [0.717, 1.165) is 33.6 Å². The van der Waals surface area contributed by atoms with E-state index < -0.39 is 11.7 Å². The lowest BCUT2D eigenvalue weighted by Gasteiger charge is -2.06. The van der Waals surface area contributed by atoms with E-state index in [4.69, 9.17) is 0 Å². The van der Waals surface area contributed by atoms with Crippen molar-refractivity contribution in [2.45, 2.75) is 17.0 Å². The van der Waals surface area contributed by atoms with Gasteiger partial charge in [0, 0.05) is 16.7 Å². The Kier molecular flexibility index (Phi) is 5.59. The number of para-hydroxylation sites is 1. The van der Waals surface area contributed by atoms with Crippen molar-refractivity contribution in [3.63, 3.8) is 0 Å². The molecule has 0 fully saturated rings. The quantitative estimate of drug-likeness (QED) is 0.195. The topological polar surface area (TPSA) is 40.5 Å². The van der Waals surface area contributed by atoms with Crippen LogP contribution in [-0.2, 0) is 11.9 Å². The van der Waals surface area contributed by atoms with Crippen LogP contribution >= 0.6 is 11.8 Å².